The summed E-state index contributed by atoms with van der Waals surface area (Å²) in [5, 5.41) is 5.47. The minimum Gasteiger partial charge on any atom is -0.379 e. The predicted molar refractivity (Wildman–Crippen MR) is 79.8 cm³/mol. The molecule has 1 amide bonds. The fourth-order valence-electron chi connectivity index (χ4n) is 1.98. The molecule has 2 aromatic rings. The Balaban J connectivity index is 1.73. The van der Waals surface area contributed by atoms with Crippen LogP contribution in [-0.4, -0.2) is 24.1 Å². The number of benzene rings is 1. The van der Waals surface area contributed by atoms with Crippen LogP contribution < -0.4 is 5.32 Å². The van der Waals surface area contributed by atoms with Crippen molar-refractivity contribution >= 4 is 22.4 Å². The molecule has 0 saturated carbocycles. The van der Waals surface area contributed by atoms with Crippen molar-refractivity contribution in [3.8, 4) is 11.3 Å². The Hall–Kier alpha value is -1.72. The van der Waals surface area contributed by atoms with Crippen LogP contribution in [0.2, 0.25) is 0 Å². The minimum atomic E-state index is -0.407. The van der Waals surface area contributed by atoms with Crippen LogP contribution in [0.25, 0.3) is 11.3 Å². The summed E-state index contributed by atoms with van der Waals surface area (Å²) in [6.45, 7) is 4.92. The molecule has 1 aromatic carbocycles. The van der Waals surface area contributed by atoms with Crippen LogP contribution in [0.5, 0.6) is 0 Å². The van der Waals surface area contributed by atoms with E-state index in [4.69, 9.17) is 4.74 Å². The lowest BCUT2D eigenvalue weighted by molar-refractivity contribution is -0.151. The van der Waals surface area contributed by atoms with Gasteiger partial charge in [0.15, 0.2) is 5.13 Å². The van der Waals surface area contributed by atoms with E-state index in [1.807, 2.05) is 24.4 Å². The number of ether oxygens (including phenoxy) is 1. The van der Waals surface area contributed by atoms with Crippen LogP contribution in [0, 0.1) is 12.3 Å². The summed E-state index contributed by atoms with van der Waals surface area (Å²) in [6, 6.07) is 8.19. The first kappa shape index (κ1) is 13.3. The minimum absolute atomic E-state index is 0.0199. The fourth-order valence-corrected chi connectivity index (χ4v) is 2.69. The lowest BCUT2D eigenvalue weighted by Crippen LogP contribution is -2.49. The summed E-state index contributed by atoms with van der Waals surface area (Å²) >= 11 is 1.44. The van der Waals surface area contributed by atoms with Crippen LogP contribution in [0.4, 0.5) is 5.13 Å². The van der Waals surface area contributed by atoms with Crippen LogP contribution >= 0.6 is 11.3 Å². The second kappa shape index (κ2) is 5.00. The van der Waals surface area contributed by atoms with E-state index in [1.54, 1.807) is 0 Å². The molecule has 4 nitrogen and oxygen atoms in total. The van der Waals surface area contributed by atoms with Gasteiger partial charge in [-0.3, -0.25) is 4.79 Å². The van der Waals surface area contributed by atoms with Gasteiger partial charge in [0, 0.05) is 10.9 Å². The number of thiazole rings is 1. The van der Waals surface area contributed by atoms with E-state index in [0.29, 0.717) is 18.3 Å². The molecule has 0 bridgehead atoms. The zero-order valence-corrected chi connectivity index (χ0v) is 12.3. The Labute approximate surface area is 121 Å². The van der Waals surface area contributed by atoms with E-state index in [-0.39, 0.29) is 5.91 Å². The molecule has 5 heteroatoms. The number of aromatic nitrogens is 1. The maximum absolute atomic E-state index is 12.1. The van der Waals surface area contributed by atoms with Gasteiger partial charge in [-0.2, -0.15) is 0 Å². The van der Waals surface area contributed by atoms with Gasteiger partial charge in [-0.15, -0.1) is 11.3 Å². The summed E-state index contributed by atoms with van der Waals surface area (Å²) in [4.78, 5) is 16.6. The van der Waals surface area contributed by atoms with Crippen molar-refractivity contribution in [2.75, 3.05) is 18.5 Å². The Bertz CT molecular complexity index is 630. The van der Waals surface area contributed by atoms with Crippen LogP contribution in [0.1, 0.15) is 12.5 Å². The molecule has 1 N–H and O–H groups in total. The Morgan fingerprint density at radius 2 is 2.05 bits per heavy atom. The normalized spacial score (nSPS) is 16.5. The molecule has 1 aromatic heterocycles. The highest BCUT2D eigenvalue weighted by Crippen LogP contribution is 2.30. The number of rotatable bonds is 3. The zero-order chi connectivity index (χ0) is 14.2. The third-order valence-corrected chi connectivity index (χ3v) is 4.22. The van der Waals surface area contributed by atoms with Gasteiger partial charge >= 0.3 is 0 Å². The van der Waals surface area contributed by atoms with Crippen molar-refractivity contribution in [3.63, 3.8) is 0 Å². The quantitative estimate of drug-likeness (QED) is 0.944. The monoisotopic (exact) mass is 288 g/mol. The molecule has 1 aliphatic heterocycles. The zero-order valence-electron chi connectivity index (χ0n) is 11.5. The number of hydrogen-bond donors (Lipinski definition) is 1. The number of nitrogens with one attached hydrogen (secondary N) is 1. The number of anilines is 1. The van der Waals surface area contributed by atoms with E-state index in [9.17, 15) is 4.79 Å². The lowest BCUT2D eigenvalue weighted by Gasteiger charge is -2.35. The molecule has 0 unspecified atom stereocenters. The molecule has 104 valence electrons. The average Bonchev–Trinajstić information content (AvgIpc) is 2.85. The highest BCUT2D eigenvalue weighted by molar-refractivity contribution is 7.14. The summed E-state index contributed by atoms with van der Waals surface area (Å²) in [6.07, 6.45) is 0. The number of amides is 1. The molecule has 0 atom stereocenters. The highest BCUT2D eigenvalue weighted by atomic mass is 32.1. The van der Waals surface area contributed by atoms with Crippen LogP contribution in [0.3, 0.4) is 0 Å². The van der Waals surface area contributed by atoms with Crippen molar-refractivity contribution in [3.05, 3.63) is 35.2 Å². The van der Waals surface area contributed by atoms with Gasteiger partial charge in [0.25, 0.3) is 0 Å². The SMILES string of the molecule is Cc1ccc(-c2csc(NC(=O)C3(C)COC3)n2)cc1. The molecule has 20 heavy (non-hydrogen) atoms. The summed E-state index contributed by atoms with van der Waals surface area (Å²) in [7, 11) is 0. The third-order valence-electron chi connectivity index (χ3n) is 3.46. The lowest BCUT2D eigenvalue weighted by atomic mass is 9.88. The Kier molecular flexibility index (Phi) is 3.31. The largest absolute Gasteiger partial charge is 0.379 e. The molecule has 0 spiro atoms. The molecule has 0 radical (unpaired) electrons. The van der Waals surface area contributed by atoms with Gasteiger partial charge < -0.3 is 10.1 Å². The molecule has 0 aliphatic carbocycles. The van der Waals surface area contributed by atoms with E-state index in [1.165, 1.54) is 16.9 Å². The Morgan fingerprint density at radius 3 is 2.65 bits per heavy atom. The highest BCUT2D eigenvalue weighted by Gasteiger charge is 2.41. The first-order valence-corrected chi connectivity index (χ1v) is 7.37. The van der Waals surface area contributed by atoms with Gasteiger partial charge in [-0.05, 0) is 13.8 Å². The summed E-state index contributed by atoms with van der Waals surface area (Å²) < 4.78 is 5.10. The van der Waals surface area contributed by atoms with Gasteiger partial charge in [0.1, 0.15) is 0 Å². The van der Waals surface area contributed by atoms with E-state index >= 15 is 0 Å². The summed E-state index contributed by atoms with van der Waals surface area (Å²) in [5.41, 5.74) is 2.76. The third kappa shape index (κ3) is 2.46. The second-order valence-corrected chi connectivity index (χ2v) is 6.27. The fraction of sp³-hybridized carbons (Fsp3) is 0.333. The first-order valence-electron chi connectivity index (χ1n) is 6.49. The van der Waals surface area contributed by atoms with Gasteiger partial charge in [0.05, 0.1) is 24.3 Å². The number of nitrogens with zero attached hydrogens (tertiary/aromatic N) is 1. The number of carbonyl (C=O) groups is 1. The van der Waals surface area contributed by atoms with E-state index in [0.717, 1.165) is 11.3 Å². The topological polar surface area (TPSA) is 51.2 Å². The molecule has 1 aliphatic rings. The van der Waals surface area contributed by atoms with Crippen LogP contribution in [-0.2, 0) is 9.53 Å². The smallest absolute Gasteiger partial charge is 0.236 e. The maximum Gasteiger partial charge on any atom is 0.236 e. The number of carbonyl (C=O) groups excluding carboxylic acids is 1. The van der Waals surface area contributed by atoms with Crippen molar-refractivity contribution in [2.45, 2.75) is 13.8 Å². The molecular formula is C15H16N2O2S. The second-order valence-electron chi connectivity index (χ2n) is 5.41. The first-order chi connectivity index (χ1) is 9.57. The number of aryl methyl sites for hydroxylation is 1. The van der Waals surface area contributed by atoms with Crippen LogP contribution in [0.15, 0.2) is 29.6 Å². The standard InChI is InChI=1S/C15H16N2O2S/c1-10-3-5-11(6-4-10)12-7-20-14(16-12)17-13(18)15(2)8-19-9-15/h3-7H,8-9H2,1-2H3,(H,16,17,18). The summed E-state index contributed by atoms with van der Waals surface area (Å²) in [5.74, 6) is -0.0199. The van der Waals surface area contributed by atoms with Gasteiger partial charge in [-0.25, -0.2) is 4.98 Å². The molecule has 2 heterocycles. The maximum atomic E-state index is 12.1. The molecule has 1 fully saturated rings. The van der Waals surface area contributed by atoms with Crippen molar-refractivity contribution in [2.24, 2.45) is 5.41 Å². The number of hydrogen-bond acceptors (Lipinski definition) is 4. The van der Waals surface area contributed by atoms with Crippen molar-refractivity contribution in [1.29, 1.82) is 0 Å². The van der Waals surface area contributed by atoms with Gasteiger partial charge in [0.2, 0.25) is 5.91 Å². The van der Waals surface area contributed by atoms with E-state index in [2.05, 4.69) is 29.4 Å². The molecular weight excluding hydrogens is 272 g/mol. The molecule has 3 rings (SSSR count). The van der Waals surface area contributed by atoms with Gasteiger partial charge in [-0.1, -0.05) is 29.8 Å². The van der Waals surface area contributed by atoms with E-state index < -0.39 is 5.41 Å². The Morgan fingerprint density at radius 1 is 1.35 bits per heavy atom. The molecule has 1 saturated heterocycles. The predicted octanol–water partition coefficient (Wildman–Crippen LogP) is 3.09. The average molecular weight is 288 g/mol. The van der Waals surface area contributed by atoms with Crippen molar-refractivity contribution < 1.29 is 9.53 Å². The van der Waals surface area contributed by atoms with Crippen molar-refractivity contribution in [1.82, 2.24) is 4.98 Å².